The molecule has 3 aromatic rings. The fourth-order valence-corrected chi connectivity index (χ4v) is 4.38. The van der Waals surface area contributed by atoms with Crippen molar-refractivity contribution in [3.8, 4) is 5.69 Å². The van der Waals surface area contributed by atoms with E-state index in [2.05, 4.69) is 63.8 Å². The molecule has 16 heavy (non-hydrogen) atoms. The van der Waals surface area contributed by atoms with Crippen molar-refractivity contribution in [2.24, 2.45) is 0 Å². The molecule has 0 saturated heterocycles. The lowest BCUT2D eigenvalue weighted by molar-refractivity contribution is 1.09. The van der Waals surface area contributed by atoms with Crippen molar-refractivity contribution in [3.05, 3.63) is 43.4 Å². The summed E-state index contributed by atoms with van der Waals surface area (Å²) in [4.78, 5) is 0. The van der Waals surface area contributed by atoms with Gasteiger partial charge in [-0.05, 0) is 46.9 Å². The first-order valence-corrected chi connectivity index (χ1v) is 7.72. The number of hydrogen-bond donors (Lipinski definition) is 0. The van der Waals surface area contributed by atoms with Gasteiger partial charge in [0, 0.05) is 21.7 Å². The third kappa shape index (κ3) is 1.97. The van der Waals surface area contributed by atoms with Gasteiger partial charge in [0.2, 0.25) is 0 Å². The molecule has 0 aliphatic heterocycles. The molecule has 0 radical (unpaired) electrons. The van der Waals surface area contributed by atoms with E-state index in [-0.39, 0.29) is 0 Å². The van der Waals surface area contributed by atoms with Crippen molar-refractivity contribution in [2.45, 2.75) is 0 Å². The Bertz CT molecular complexity index is 655. The summed E-state index contributed by atoms with van der Waals surface area (Å²) in [5.74, 6) is 0. The molecule has 2 aromatic heterocycles. The highest BCUT2D eigenvalue weighted by molar-refractivity contribution is 14.1. The SMILES string of the molecule is S=c1sc2cn(-c3ccc(I)cc3)cc2s1. The van der Waals surface area contributed by atoms with E-state index in [1.165, 1.54) is 18.7 Å². The molecule has 3 rings (SSSR count). The van der Waals surface area contributed by atoms with Gasteiger partial charge in [0.1, 0.15) is 3.14 Å². The second kappa shape index (κ2) is 4.21. The topological polar surface area (TPSA) is 4.93 Å². The van der Waals surface area contributed by atoms with Crippen molar-refractivity contribution in [3.63, 3.8) is 0 Å². The van der Waals surface area contributed by atoms with Gasteiger partial charge in [0.05, 0.1) is 9.40 Å². The van der Waals surface area contributed by atoms with Gasteiger partial charge in [-0.1, -0.05) is 12.2 Å². The molecule has 0 spiro atoms. The predicted octanol–water partition coefficient (Wildman–Crippen LogP) is 5.09. The number of aromatic nitrogens is 1. The van der Waals surface area contributed by atoms with Crippen molar-refractivity contribution in [1.82, 2.24) is 4.57 Å². The molecule has 80 valence electrons. The first-order chi connectivity index (χ1) is 7.72. The lowest BCUT2D eigenvalue weighted by Crippen LogP contribution is -1.88. The molecule has 0 amide bonds. The van der Waals surface area contributed by atoms with Gasteiger partial charge in [-0.3, -0.25) is 0 Å². The summed E-state index contributed by atoms with van der Waals surface area (Å²) in [5.41, 5.74) is 1.20. The van der Waals surface area contributed by atoms with Crippen LogP contribution in [0, 0.1) is 6.71 Å². The summed E-state index contributed by atoms with van der Waals surface area (Å²) in [6.45, 7) is 0. The maximum Gasteiger partial charge on any atom is 0.144 e. The Morgan fingerprint density at radius 1 is 1.00 bits per heavy atom. The van der Waals surface area contributed by atoms with Gasteiger partial charge in [-0.25, -0.2) is 0 Å². The minimum atomic E-state index is 1.000. The van der Waals surface area contributed by atoms with Crippen molar-refractivity contribution in [1.29, 1.82) is 0 Å². The van der Waals surface area contributed by atoms with E-state index in [1.807, 2.05) is 0 Å². The van der Waals surface area contributed by atoms with E-state index >= 15 is 0 Å². The molecule has 0 fully saturated rings. The van der Waals surface area contributed by atoms with E-state index in [0.717, 1.165) is 3.14 Å². The lowest BCUT2D eigenvalue weighted by atomic mass is 10.3. The molecule has 0 N–H and O–H groups in total. The van der Waals surface area contributed by atoms with Crippen LogP contribution in [-0.2, 0) is 0 Å². The Kier molecular flexibility index (Phi) is 2.87. The molecule has 0 saturated carbocycles. The minimum absolute atomic E-state index is 1.000. The number of rotatable bonds is 1. The Hall–Kier alpha value is -0.240. The molecule has 1 nitrogen and oxygen atoms in total. The van der Waals surface area contributed by atoms with Crippen LogP contribution in [0.1, 0.15) is 0 Å². The molecule has 1 aromatic carbocycles. The fourth-order valence-electron chi connectivity index (χ4n) is 1.53. The summed E-state index contributed by atoms with van der Waals surface area (Å²) in [6.07, 6.45) is 4.29. The standard InChI is InChI=1S/C11H6INS3/c12-7-1-3-8(4-2-7)13-5-9-10(6-13)16-11(14)15-9/h1-6H. The predicted molar refractivity (Wildman–Crippen MR) is 82.6 cm³/mol. The van der Waals surface area contributed by atoms with Crippen LogP contribution < -0.4 is 0 Å². The first-order valence-electron chi connectivity index (χ1n) is 4.60. The fraction of sp³-hybridized carbons (Fsp3) is 0. The van der Waals surface area contributed by atoms with Crippen LogP contribution in [0.5, 0.6) is 0 Å². The van der Waals surface area contributed by atoms with Gasteiger partial charge in [0.15, 0.2) is 0 Å². The molecule has 0 bridgehead atoms. The summed E-state index contributed by atoms with van der Waals surface area (Å²) in [5, 5.41) is 0. The largest absolute Gasteiger partial charge is 0.321 e. The molecular weight excluding hydrogens is 369 g/mol. The second-order valence-corrected chi connectivity index (χ2v) is 7.86. The van der Waals surface area contributed by atoms with Gasteiger partial charge in [-0.15, -0.1) is 22.7 Å². The van der Waals surface area contributed by atoms with Crippen LogP contribution in [0.2, 0.25) is 0 Å². The average molecular weight is 375 g/mol. The van der Waals surface area contributed by atoms with Gasteiger partial charge >= 0.3 is 0 Å². The normalized spacial score (nSPS) is 11.1. The molecule has 5 heteroatoms. The zero-order valence-corrected chi connectivity index (χ0v) is 12.6. The molecular formula is C11H6INS3. The van der Waals surface area contributed by atoms with Gasteiger partial charge in [-0.2, -0.15) is 0 Å². The van der Waals surface area contributed by atoms with Crippen molar-refractivity contribution in [2.75, 3.05) is 0 Å². The van der Waals surface area contributed by atoms with Crippen LogP contribution in [-0.4, -0.2) is 4.57 Å². The molecule has 0 unspecified atom stereocenters. The van der Waals surface area contributed by atoms with E-state index in [9.17, 15) is 0 Å². The highest BCUT2D eigenvalue weighted by atomic mass is 127. The van der Waals surface area contributed by atoms with E-state index < -0.39 is 0 Å². The highest BCUT2D eigenvalue weighted by Crippen LogP contribution is 2.30. The maximum atomic E-state index is 5.17. The maximum absolute atomic E-state index is 5.17. The molecule has 0 aliphatic carbocycles. The Morgan fingerprint density at radius 2 is 1.56 bits per heavy atom. The molecule has 0 atom stereocenters. The third-order valence-corrected chi connectivity index (χ3v) is 5.54. The van der Waals surface area contributed by atoms with Crippen LogP contribution in [0.25, 0.3) is 15.1 Å². The highest BCUT2D eigenvalue weighted by Gasteiger charge is 2.03. The number of nitrogens with zero attached hydrogens (tertiary/aromatic N) is 1. The quantitative estimate of drug-likeness (QED) is 0.424. The first kappa shape index (κ1) is 10.9. The Morgan fingerprint density at radius 3 is 2.12 bits per heavy atom. The number of halogens is 1. The zero-order chi connectivity index (χ0) is 11.1. The number of hydrogen-bond acceptors (Lipinski definition) is 3. The van der Waals surface area contributed by atoms with Crippen LogP contribution in [0.15, 0.2) is 36.7 Å². The van der Waals surface area contributed by atoms with Crippen LogP contribution in [0.3, 0.4) is 0 Å². The average Bonchev–Trinajstić information content (AvgIpc) is 2.75. The summed E-state index contributed by atoms with van der Waals surface area (Å²) in [7, 11) is 0. The van der Waals surface area contributed by atoms with Gasteiger partial charge in [0.25, 0.3) is 0 Å². The summed E-state index contributed by atoms with van der Waals surface area (Å²) < 4.78 is 6.95. The van der Waals surface area contributed by atoms with E-state index in [1.54, 1.807) is 22.7 Å². The Labute approximate surface area is 120 Å². The molecule has 0 aliphatic rings. The van der Waals surface area contributed by atoms with Crippen LogP contribution in [0.4, 0.5) is 0 Å². The summed E-state index contributed by atoms with van der Waals surface area (Å²) in [6, 6.07) is 8.49. The van der Waals surface area contributed by atoms with E-state index in [0.29, 0.717) is 0 Å². The van der Waals surface area contributed by atoms with Crippen LogP contribution >= 0.6 is 57.5 Å². The monoisotopic (exact) mass is 375 g/mol. The summed E-state index contributed by atoms with van der Waals surface area (Å²) >= 11 is 10.8. The van der Waals surface area contributed by atoms with Crippen molar-refractivity contribution >= 4 is 66.9 Å². The smallest absolute Gasteiger partial charge is 0.144 e. The minimum Gasteiger partial charge on any atom is -0.321 e. The lowest BCUT2D eigenvalue weighted by Gasteiger charge is -2.01. The Balaban J connectivity index is 2.15. The van der Waals surface area contributed by atoms with Gasteiger partial charge < -0.3 is 4.57 Å². The second-order valence-electron chi connectivity index (χ2n) is 3.32. The number of fused-ring (bicyclic) bond motifs is 1. The van der Waals surface area contributed by atoms with Crippen molar-refractivity contribution < 1.29 is 0 Å². The molecule has 2 heterocycles. The van der Waals surface area contributed by atoms with E-state index in [4.69, 9.17) is 12.2 Å². The third-order valence-electron chi connectivity index (χ3n) is 2.27. The zero-order valence-electron chi connectivity index (χ0n) is 8.01. The number of benzene rings is 1.